The third kappa shape index (κ3) is 3.24. The maximum atomic E-state index is 12.7. The molecule has 1 atom stereocenters. The maximum absolute atomic E-state index is 12.7. The molecule has 0 aromatic heterocycles. The molecule has 0 aliphatic heterocycles. The third-order valence-electron chi connectivity index (χ3n) is 4.01. The summed E-state index contributed by atoms with van der Waals surface area (Å²) >= 11 is 0. The number of ether oxygens (including phenoxy) is 1. The summed E-state index contributed by atoms with van der Waals surface area (Å²) < 4.78 is 5.47. The van der Waals surface area contributed by atoms with E-state index in [1.807, 2.05) is 30.3 Å². The Kier molecular flexibility index (Phi) is 4.81. The molecule has 0 saturated heterocycles. The highest BCUT2D eigenvalue weighted by molar-refractivity contribution is 6.01. The van der Waals surface area contributed by atoms with Gasteiger partial charge in [0.1, 0.15) is 0 Å². The van der Waals surface area contributed by atoms with Gasteiger partial charge in [-0.05, 0) is 37.1 Å². The summed E-state index contributed by atoms with van der Waals surface area (Å²) in [6, 6.07) is 14.2. The van der Waals surface area contributed by atoms with Crippen LogP contribution >= 0.6 is 0 Å². The van der Waals surface area contributed by atoms with Crippen molar-refractivity contribution in [2.24, 2.45) is 5.73 Å². The van der Waals surface area contributed by atoms with Crippen molar-refractivity contribution in [2.75, 3.05) is 12.4 Å². The molecule has 0 aliphatic rings. The highest BCUT2D eigenvalue weighted by atomic mass is 16.5. The SMILES string of the molecule is COC(C)(C(=O)Nc1cccc(C(N)=O)c1C)c1ccccc1. The van der Waals surface area contributed by atoms with Crippen LogP contribution in [0.25, 0.3) is 0 Å². The van der Waals surface area contributed by atoms with E-state index in [2.05, 4.69) is 5.32 Å². The quantitative estimate of drug-likeness (QED) is 0.890. The fourth-order valence-corrected chi connectivity index (χ4v) is 2.38. The Balaban J connectivity index is 2.35. The summed E-state index contributed by atoms with van der Waals surface area (Å²) in [6.45, 7) is 3.44. The second-order valence-electron chi connectivity index (χ2n) is 5.40. The molecule has 0 heterocycles. The van der Waals surface area contributed by atoms with Crippen molar-refractivity contribution in [3.05, 3.63) is 65.2 Å². The fourth-order valence-electron chi connectivity index (χ4n) is 2.38. The van der Waals surface area contributed by atoms with Gasteiger partial charge >= 0.3 is 0 Å². The molecule has 0 radical (unpaired) electrons. The monoisotopic (exact) mass is 312 g/mol. The van der Waals surface area contributed by atoms with Gasteiger partial charge in [0.05, 0.1) is 0 Å². The van der Waals surface area contributed by atoms with E-state index in [1.165, 1.54) is 7.11 Å². The minimum Gasteiger partial charge on any atom is -0.366 e. The van der Waals surface area contributed by atoms with Gasteiger partial charge in [0.2, 0.25) is 5.91 Å². The van der Waals surface area contributed by atoms with E-state index in [1.54, 1.807) is 32.0 Å². The van der Waals surface area contributed by atoms with Crippen molar-refractivity contribution in [3.63, 3.8) is 0 Å². The number of carbonyl (C=O) groups is 2. The molecule has 2 amide bonds. The van der Waals surface area contributed by atoms with Crippen LogP contribution in [0.2, 0.25) is 0 Å². The topological polar surface area (TPSA) is 81.4 Å². The minimum absolute atomic E-state index is 0.323. The van der Waals surface area contributed by atoms with Crippen LogP contribution in [-0.2, 0) is 15.1 Å². The molecule has 2 rings (SSSR count). The number of hydrogen-bond donors (Lipinski definition) is 2. The van der Waals surface area contributed by atoms with E-state index in [4.69, 9.17) is 10.5 Å². The Morgan fingerprint density at radius 1 is 1.09 bits per heavy atom. The minimum atomic E-state index is -1.14. The fraction of sp³-hybridized carbons (Fsp3) is 0.222. The van der Waals surface area contributed by atoms with Gasteiger partial charge in [-0.25, -0.2) is 0 Å². The number of primary amides is 1. The van der Waals surface area contributed by atoms with Gasteiger partial charge in [-0.2, -0.15) is 0 Å². The van der Waals surface area contributed by atoms with Crippen molar-refractivity contribution in [3.8, 4) is 0 Å². The molecule has 0 saturated carbocycles. The number of methoxy groups -OCH3 is 1. The van der Waals surface area contributed by atoms with Crippen molar-refractivity contribution in [1.29, 1.82) is 0 Å². The molecule has 23 heavy (non-hydrogen) atoms. The van der Waals surface area contributed by atoms with Crippen LogP contribution in [0.1, 0.15) is 28.4 Å². The predicted molar refractivity (Wildman–Crippen MR) is 89.1 cm³/mol. The molecule has 0 bridgehead atoms. The number of hydrogen-bond acceptors (Lipinski definition) is 3. The van der Waals surface area contributed by atoms with Crippen LogP contribution in [-0.4, -0.2) is 18.9 Å². The summed E-state index contributed by atoms with van der Waals surface area (Å²) in [6.07, 6.45) is 0. The number of amides is 2. The number of anilines is 1. The third-order valence-corrected chi connectivity index (χ3v) is 4.01. The molecular formula is C18H20N2O3. The lowest BCUT2D eigenvalue weighted by atomic mass is 9.94. The highest BCUT2D eigenvalue weighted by Gasteiger charge is 2.35. The van der Waals surface area contributed by atoms with Crippen molar-refractivity contribution >= 4 is 17.5 Å². The van der Waals surface area contributed by atoms with E-state index < -0.39 is 11.5 Å². The second kappa shape index (κ2) is 6.62. The van der Waals surface area contributed by atoms with Gasteiger partial charge in [-0.1, -0.05) is 36.4 Å². The zero-order valence-electron chi connectivity index (χ0n) is 13.4. The standard InChI is InChI=1S/C18H20N2O3/c1-12-14(16(19)21)10-7-11-15(12)20-17(22)18(2,23-3)13-8-5-4-6-9-13/h4-11H,1-3H3,(H2,19,21)(H,20,22). The summed E-state index contributed by atoms with van der Waals surface area (Å²) in [5, 5.41) is 2.82. The molecule has 2 aromatic rings. The number of carbonyl (C=O) groups excluding carboxylic acids is 2. The first-order chi connectivity index (χ1) is 10.9. The lowest BCUT2D eigenvalue weighted by Crippen LogP contribution is -2.39. The molecule has 1 unspecified atom stereocenters. The van der Waals surface area contributed by atoms with Crippen LogP contribution < -0.4 is 11.1 Å². The number of benzene rings is 2. The Hall–Kier alpha value is -2.66. The Morgan fingerprint density at radius 3 is 2.30 bits per heavy atom. The highest BCUT2D eigenvalue weighted by Crippen LogP contribution is 2.27. The van der Waals surface area contributed by atoms with E-state index in [-0.39, 0.29) is 5.91 Å². The van der Waals surface area contributed by atoms with Gasteiger partial charge in [-0.15, -0.1) is 0 Å². The Bertz CT molecular complexity index is 728. The summed E-state index contributed by atoms with van der Waals surface area (Å²) in [5.41, 5.74) is 6.47. The maximum Gasteiger partial charge on any atom is 0.260 e. The first-order valence-electron chi connectivity index (χ1n) is 7.21. The average molecular weight is 312 g/mol. The number of nitrogens with two attached hydrogens (primary N) is 1. The van der Waals surface area contributed by atoms with Crippen molar-refractivity contribution < 1.29 is 14.3 Å². The van der Waals surface area contributed by atoms with Crippen LogP contribution in [0.3, 0.4) is 0 Å². The lowest BCUT2D eigenvalue weighted by Gasteiger charge is -2.27. The Morgan fingerprint density at radius 2 is 1.74 bits per heavy atom. The van der Waals surface area contributed by atoms with Gasteiger partial charge in [0.15, 0.2) is 5.60 Å². The zero-order valence-corrected chi connectivity index (χ0v) is 13.4. The smallest absolute Gasteiger partial charge is 0.260 e. The Labute approximate surface area is 135 Å². The predicted octanol–water partition coefficient (Wildman–Crippen LogP) is 2.59. The molecule has 2 aromatic carbocycles. The largest absolute Gasteiger partial charge is 0.366 e. The first-order valence-corrected chi connectivity index (χ1v) is 7.21. The van der Waals surface area contributed by atoms with Crippen LogP contribution in [0, 0.1) is 6.92 Å². The zero-order chi connectivity index (χ0) is 17.0. The van der Waals surface area contributed by atoms with Crippen LogP contribution in [0.4, 0.5) is 5.69 Å². The van der Waals surface area contributed by atoms with E-state index >= 15 is 0 Å². The summed E-state index contributed by atoms with van der Waals surface area (Å²) in [7, 11) is 1.49. The average Bonchev–Trinajstić information content (AvgIpc) is 2.56. The van der Waals surface area contributed by atoms with Crippen LogP contribution in [0.15, 0.2) is 48.5 Å². The molecule has 120 valence electrons. The molecular weight excluding hydrogens is 292 g/mol. The second-order valence-corrected chi connectivity index (χ2v) is 5.40. The van der Waals surface area contributed by atoms with Gasteiger partial charge < -0.3 is 15.8 Å². The number of nitrogens with one attached hydrogen (secondary N) is 1. The van der Waals surface area contributed by atoms with Crippen molar-refractivity contribution in [2.45, 2.75) is 19.4 Å². The first kappa shape index (κ1) is 16.7. The normalized spacial score (nSPS) is 13.2. The molecule has 5 nitrogen and oxygen atoms in total. The van der Waals surface area contributed by atoms with Crippen LogP contribution in [0.5, 0.6) is 0 Å². The molecule has 0 aliphatic carbocycles. The van der Waals surface area contributed by atoms with E-state index in [9.17, 15) is 9.59 Å². The molecule has 5 heteroatoms. The molecule has 0 fully saturated rings. The summed E-state index contributed by atoms with van der Waals surface area (Å²) in [5.74, 6) is -0.855. The van der Waals surface area contributed by atoms with Gasteiger partial charge in [-0.3, -0.25) is 9.59 Å². The summed E-state index contributed by atoms with van der Waals surface area (Å²) in [4.78, 5) is 24.2. The lowest BCUT2D eigenvalue weighted by molar-refractivity contribution is -0.136. The van der Waals surface area contributed by atoms with Crippen molar-refractivity contribution in [1.82, 2.24) is 0 Å². The van der Waals surface area contributed by atoms with Gasteiger partial charge in [0.25, 0.3) is 5.91 Å². The van der Waals surface area contributed by atoms with E-state index in [0.717, 1.165) is 5.56 Å². The molecule has 3 N–H and O–H groups in total. The molecule has 0 spiro atoms. The van der Waals surface area contributed by atoms with E-state index in [0.29, 0.717) is 16.8 Å². The number of rotatable bonds is 5. The van der Waals surface area contributed by atoms with Gasteiger partial charge in [0, 0.05) is 18.4 Å².